The van der Waals surface area contributed by atoms with Crippen molar-refractivity contribution in [3.63, 3.8) is 0 Å². The van der Waals surface area contributed by atoms with E-state index in [9.17, 15) is 14.4 Å². The molecule has 11 heteroatoms. The Morgan fingerprint density at radius 3 is 2.71 bits per heavy atom. The number of rotatable bonds is 5. The Labute approximate surface area is 207 Å². The molecule has 2 aromatic carbocycles. The number of hydrogen-bond donors (Lipinski definition) is 4. The molecular formula is C24H24ClN7O3. The second-order valence-electron chi connectivity index (χ2n) is 7.81. The number of fused-ring (bicyclic) bond motifs is 1. The maximum atomic E-state index is 12.2. The second-order valence-corrected chi connectivity index (χ2v) is 8.21. The lowest BCUT2D eigenvalue weighted by Crippen LogP contribution is -2.37. The number of benzene rings is 2. The van der Waals surface area contributed by atoms with Crippen LogP contribution < -0.4 is 26.2 Å². The fourth-order valence-electron chi connectivity index (χ4n) is 3.71. The molecule has 4 rings (SSSR count). The quantitative estimate of drug-likeness (QED) is 0.429. The highest BCUT2D eigenvalue weighted by atomic mass is 35.5. The van der Waals surface area contributed by atoms with Crippen molar-refractivity contribution in [3.05, 3.63) is 64.8 Å². The first-order chi connectivity index (χ1) is 16.9. The average Bonchev–Trinajstić information content (AvgIpc) is 2.84. The minimum Gasteiger partial charge on any atom is -0.355 e. The van der Waals surface area contributed by atoms with Crippen molar-refractivity contribution in [2.45, 2.75) is 19.9 Å². The first-order valence-corrected chi connectivity index (χ1v) is 11.3. The van der Waals surface area contributed by atoms with Gasteiger partial charge in [0.15, 0.2) is 5.82 Å². The Bertz CT molecular complexity index is 1300. The summed E-state index contributed by atoms with van der Waals surface area (Å²) in [5.41, 5.74) is 3.18. The largest absolute Gasteiger partial charge is 0.355 e. The fraction of sp³-hybridized carbons (Fsp3) is 0.208. The zero-order valence-corrected chi connectivity index (χ0v) is 19.9. The minimum absolute atomic E-state index is 0.117. The monoisotopic (exact) mass is 493 g/mol. The molecule has 0 radical (unpaired) electrons. The van der Waals surface area contributed by atoms with Gasteiger partial charge in [-0.1, -0.05) is 23.7 Å². The van der Waals surface area contributed by atoms with Gasteiger partial charge < -0.3 is 26.2 Å². The zero-order valence-electron chi connectivity index (χ0n) is 19.2. The van der Waals surface area contributed by atoms with Gasteiger partial charge in [-0.25, -0.2) is 4.98 Å². The van der Waals surface area contributed by atoms with Crippen LogP contribution in [0, 0.1) is 0 Å². The molecule has 0 bridgehead atoms. The molecule has 10 nitrogen and oxygen atoms in total. The summed E-state index contributed by atoms with van der Waals surface area (Å²) in [6.07, 6.45) is 1.70. The number of nitrogens with zero attached hydrogens (tertiary/aromatic N) is 3. The highest BCUT2D eigenvalue weighted by molar-refractivity contribution is 6.33. The van der Waals surface area contributed by atoms with Gasteiger partial charge in [0.25, 0.3) is 5.91 Å². The topological polar surface area (TPSA) is 128 Å². The maximum absolute atomic E-state index is 12.2. The number of carbonyl (C=O) groups is 3. The van der Waals surface area contributed by atoms with Gasteiger partial charge in [0.2, 0.25) is 17.8 Å². The van der Waals surface area contributed by atoms with Gasteiger partial charge in [-0.3, -0.25) is 14.4 Å². The van der Waals surface area contributed by atoms with Crippen molar-refractivity contribution >= 4 is 58.2 Å². The summed E-state index contributed by atoms with van der Waals surface area (Å²) in [7, 11) is 1.56. The van der Waals surface area contributed by atoms with E-state index in [-0.39, 0.29) is 41.7 Å². The van der Waals surface area contributed by atoms with E-state index >= 15 is 0 Å². The van der Waals surface area contributed by atoms with E-state index in [0.717, 1.165) is 11.3 Å². The van der Waals surface area contributed by atoms with Gasteiger partial charge in [0, 0.05) is 44.9 Å². The van der Waals surface area contributed by atoms with E-state index in [1.807, 2.05) is 18.2 Å². The molecule has 3 aromatic rings. The van der Waals surface area contributed by atoms with Crippen LogP contribution in [-0.4, -0.2) is 41.3 Å². The summed E-state index contributed by atoms with van der Waals surface area (Å²) in [5.74, 6) is 0.1000. The highest BCUT2D eigenvalue weighted by Gasteiger charge is 2.20. The first kappa shape index (κ1) is 24.0. The predicted octanol–water partition coefficient (Wildman–Crippen LogP) is 3.35. The zero-order chi connectivity index (χ0) is 24.9. The van der Waals surface area contributed by atoms with Crippen molar-refractivity contribution < 1.29 is 14.4 Å². The number of carbonyl (C=O) groups excluding carboxylic acids is 3. The molecule has 1 aliphatic rings. The van der Waals surface area contributed by atoms with Crippen molar-refractivity contribution in [2.24, 2.45) is 0 Å². The Balaban J connectivity index is 1.60. The molecule has 0 fully saturated rings. The Hall–Kier alpha value is -4.18. The number of amides is 3. The number of para-hydroxylation sites is 1. The molecule has 35 heavy (non-hydrogen) atoms. The van der Waals surface area contributed by atoms with E-state index in [0.29, 0.717) is 29.3 Å². The summed E-state index contributed by atoms with van der Waals surface area (Å²) in [5, 5.41) is 12.0. The Morgan fingerprint density at radius 2 is 1.94 bits per heavy atom. The van der Waals surface area contributed by atoms with Gasteiger partial charge in [0.1, 0.15) is 5.02 Å². The molecule has 2 heterocycles. The standard InChI is InChI=1S/C24H24ClN7O3/c1-14(33)32-10-9-21(34)27-12-15-11-16(7-8-20(15)32)29-24-28-13-18(25)22(31-24)30-19-6-4-3-5-17(19)23(35)26-2/h3-8,11,13H,9-10,12H2,1-2H3,(H,26,35)(H,27,34)(H2,28,29,30,31). The lowest BCUT2D eigenvalue weighted by molar-refractivity contribution is -0.121. The average molecular weight is 494 g/mol. The molecule has 0 aliphatic carbocycles. The van der Waals surface area contributed by atoms with E-state index < -0.39 is 0 Å². The van der Waals surface area contributed by atoms with Crippen LogP contribution in [-0.2, 0) is 16.1 Å². The molecule has 0 saturated heterocycles. The van der Waals surface area contributed by atoms with Gasteiger partial charge in [-0.05, 0) is 35.9 Å². The third kappa shape index (κ3) is 5.49. The smallest absolute Gasteiger partial charge is 0.253 e. The molecule has 4 N–H and O–H groups in total. The van der Waals surface area contributed by atoms with E-state index in [1.165, 1.54) is 13.1 Å². The number of aromatic nitrogens is 2. The normalized spacial score (nSPS) is 13.1. The Morgan fingerprint density at radius 1 is 1.14 bits per heavy atom. The predicted molar refractivity (Wildman–Crippen MR) is 134 cm³/mol. The van der Waals surface area contributed by atoms with Crippen LogP contribution in [0.25, 0.3) is 0 Å². The lowest BCUT2D eigenvalue weighted by Gasteiger charge is -2.27. The molecule has 180 valence electrons. The van der Waals surface area contributed by atoms with Crippen LogP contribution in [0.2, 0.25) is 5.02 Å². The van der Waals surface area contributed by atoms with Crippen LogP contribution in [0.1, 0.15) is 29.3 Å². The van der Waals surface area contributed by atoms with Crippen molar-refractivity contribution in [3.8, 4) is 0 Å². The van der Waals surface area contributed by atoms with E-state index in [4.69, 9.17) is 11.6 Å². The number of nitrogens with one attached hydrogen (secondary N) is 4. The lowest BCUT2D eigenvalue weighted by atomic mass is 10.1. The summed E-state index contributed by atoms with van der Waals surface area (Å²) >= 11 is 6.31. The van der Waals surface area contributed by atoms with Crippen LogP contribution in [0.15, 0.2) is 48.7 Å². The molecule has 0 saturated carbocycles. The van der Waals surface area contributed by atoms with Gasteiger partial charge in [0.05, 0.1) is 17.4 Å². The third-order valence-corrected chi connectivity index (χ3v) is 5.72. The van der Waals surface area contributed by atoms with Crippen LogP contribution in [0.3, 0.4) is 0 Å². The summed E-state index contributed by atoms with van der Waals surface area (Å²) < 4.78 is 0. The first-order valence-electron chi connectivity index (χ1n) is 10.9. The molecule has 0 unspecified atom stereocenters. The van der Waals surface area contributed by atoms with Crippen molar-refractivity contribution in [2.75, 3.05) is 29.1 Å². The van der Waals surface area contributed by atoms with E-state index in [1.54, 1.807) is 36.2 Å². The molecular weight excluding hydrogens is 470 g/mol. The molecule has 0 spiro atoms. The van der Waals surface area contributed by atoms with Crippen LogP contribution in [0.5, 0.6) is 0 Å². The number of halogens is 1. The second kappa shape index (κ2) is 10.4. The third-order valence-electron chi connectivity index (χ3n) is 5.44. The molecule has 1 aromatic heterocycles. The van der Waals surface area contributed by atoms with Crippen LogP contribution in [0.4, 0.5) is 28.8 Å². The maximum Gasteiger partial charge on any atom is 0.253 e. The summed E-state index contributed by atoms with van der Waals surface area (Å²) in [4.78, 5) is 46.6. The van der Waals surface area contributed by atoms with E-state index in [2.05, 4.69) is 31.2 Å². The van der Waals surface area contributed by atoms with Crippen LogP contribution >= 0.6 is 11.6 Å². The van der Waals surface area contributed by atoms with Gasteiger partial charge >= 0.3 is 0 Å². The SMILES string of the molecule is CNC(=O)c1ccccc1Nc1nc(Nc2ccc3c(c2)CNC(=O)CCN3C(C)=O)ncc1Cl. The number of hydrogen-bond acceptors (Lipinski definition) is 7. The fourth-order valence-corrected chi connectivity index (χ4v) is 3.85. The van der Waals surface area contributed by atoms with Crippen molar-refractivity contribution in [1.29, 1.82) is 0 Å². The van der Waals surface area contributed by atoms with Crippen molar-refractivity contribution in [1.82, 2.24) is 20.6 Å². The summed E-state index contributed by atoms with van der Waals surface area (Å²) in [6.45, 7) is 2.08. The minimum atomic E-state index is -0.246. The Kier molecular flexibility index (Phi) is 7.11. The van der Waals surface area contributed by atoms with Gasteiger partial charge in [-0.2, -0.15) is 4.98 Å². The summed E-state index contributed by atoms with van der Waals surface area (Å²) in [6, 6.07) is 12.5. The molecule has 0 atom stereocenters. The molecule has 1 aliphatic heterocycles. The van der Waals surface area contributed by atoms with Gasteiger partial charge in [-0.15, -0.1) is 0 Å². The highest BCUT2D eigenvalue weighted by Crippen LogP contribution is 2.29. The molecule has 3 amide bonds. The number of anilines is 5.